The van der Waals surface area contributed by atoms with Gasteiger partial charge >= 0.3 is 0 Å². The summed E-state index contributed by atoms with van der Waals surface area (Å²) in [5, 5.41) is 6.23. The Bertz CT molecular complexity index is 1100. The molecule has 4 rings (SSSR count). The van der Waals surface area contributed by atoms with Gasteiger partial charge in [-0.3, -0.25) is 14.8 Å². The Morgan fingerprint density at radius 1 is 1.26 bits per heavy atom. The minimum absolute atomic E-state index is 0.0110. The van der Waals surface area contributed by atoms with Gasteiger partial charge in [0.2, 0.25) is 10.7 Å². The zero-order chi connectivity index (χ0) is 21.8. The average molecular weight is 439 g/mol. The molecule has 2 N–H and O–H groups in total. The van der Waals surface area contributed by atoms with E-state index >= 15 is 0 Å². The molecule has 162 valence electrons. The number of rotatable bonds is 6. The number of hydrogen-bond acceptors (Lipinski definition) is 6. The number of ether oxygens (including phenoxy) is 1. The number of nitrogens with one attached hydrogen (secondary N) is 2. The third-order valence-corrected chi connectivity index (χ3v) is 5.82. The fourth-order valence-electron chi connectivity index (χ4n) is 3.70. The summed E-state index contributed by atoms with van der Waals surface area (Å²) in [6.45, 7) is 4.24. The highest BCUT2D eigenvalue weighted by atomic mass is 32.1. The second-order valence-corrected chi connectivity index (χ2v) is 8.12. The number of amides is 1. The number of aromatic nitrogens is 4. The number of likely N-dealkylation sites (tertiary alicyclic amines) is 1. The number of pyridine rings is 1. The smallest absolute Gasteiger partial charge is 0.228 e. The minimum Gasteiger partial charge on any atom is -0.497 e. The summed E-state index contributed by atoms with van der Waals surface area (Å²) in [5.74, 6) is 2.17. The molecule has 1 aliphatic heterocycles. The number of aromatic amines is 1. The van der Waals surface area contributed by atoms with Crippen LogP contribution in [-0.2, 0) is 11.5 Å². The van der Waals surface area contributed by atoms with Gasteiger partial charge in [-0.25, -0.2) is 9.67 Å². The van der Waals surface area contributed by atoms with Gasteiger partial charge in [-0.2, -0.15) is 4.98 Å². The van der Waals surface area contributed by atoms with Gasteiger partial charge in [0.15, 0.2) is 5.82 Å². The normalized spacial score (nSPS) is 15.0. The Balaban J connectivity index is 1.33. The van der Waals surface area contributed by atoms with Crippen LogP contribution in [0.4, 0.5) is 5.82 Å². The summed E-state index contributed by atoms with van der Waals surface area (Å²) in [7, 11) is 1.64. The largest absolute Gasteiger partial charge is 0.497 e. The molecular formula is C22H26N6O2S. The van der Waals surface area contributed by atoms with Crippen molar-refractivity contribution in [3.63, 3.8) is 0 Å². The molecule has 1 fully saturated rings. The molecule has 31 heavy (non-hydrogen) atoms. The molecule has 0 spiro atoms. The SMILES string of the molecule is COc1ccc(-c2nc(=S)n(CN3CCC(C(=O)Nc4cc(C)ccn4)CC3)[nH]2)cc1. The number of carbonyl (C=O) groups excluding carboxylic acids is 1. The summed E-state index contributed by atoms with van der Waals surface area (Å²) in [5.41, 5.74) is 2.02. The third-order valence-electron chi connectivity index (χ3n) is 5.51. The molecule has 0 aliphatic carbocycles. The van der Waals surface area contributed by atoms with Crippen LogP contribution in [0.3, 0.4) is 0 Å². The molecule has 8 nitrogen and oxygen atoms in total. The van der Waals surface area contributed by atoms with E-state index in [1.807, 2.05) is 48.0 Å². The van der Waals surface area contributed by atoms with Crippen molar-refractivity contribution in [2.24, 2.45) is 5.92 Å². The van der Waals surface area contributed by atoms with Gasteiger partial charge in [0.1, 0.15) is 11.6 Å². The molecule has 3 heterocycles. The van der Waals surface area contributed by atoms with Crippen LogP contribution in [0.2, 0.25) is 0 Å². The van der Waals surface area contributed by atoms with Crippen molar-refractivity contribution < 1.29 is 9.53 Å². The van der Waals surface area contributed by atoms with Gasteiger partial charge in [0, 0.05) is 30.8 Å². The highest BCUT2D eigenvalue weighted by Gasteiger charge is 2.25. The standard InChI is InChI=1S/C22H26N6O2S/c1-15-7-10-23-19(13-15)24-21(29)17-8-11-27(12-9-17)14-28-22(31)25-20(26-28)16-3-5-18(30-2)6-4-16/h3-7,10,13,17H,8-9,11-12,14H2,1-2H3,(H,23,24,29)(H,25,26,31). The van der Waals surface area contributed by atoms with E-state index in [4.69, 9.17) is 17.0 Å². The van der Waals surface area contributed by atoms with Crippen molar-refractivity contribution in [3.05, 3.63) is 52.9 Å². The highest BCUT2D eigenvalue weighted by Crippen LogP contribution is 2.21. The number of carbonyl (C=O) groups is 1. The van der Waals surface area contributed by atoms with Crippen LogP contribution >= 0.6 is 12.2 Å². The fourth-order valence-corrected chi connectivity index (χ4v) is 3.89. The summed E-state index contributed by atoms with van der Waals surface area (Å²) in [4.78, 5) is 23.6. The van der Waals surface area contributed by atoms with Crippen molar-refractivity contribution in [1.82, 2.24) is 24.6 Å². The summed E-state index contributed by atoms with van der Waals surface area (Å²) >= 11 is 5.44. The first-order valence-corrected chi connectivity index (χ1v) is 10.7. The van der Waals surface area contributed by atoms with Crippen LogP contribution in [0.1, 0.15) is 18.4 Å². The number of piperidine rings is 1. The quantitative estimate of drug-likeness (QED) is 0.572. The molecule has 1 saturated heterocycles. The zero-order valence-electron chi connectivity index (χ0n) is 17.7. The number of H-pyrrole nitrogens is 1. The lowest BCUT2D eigenvalue weighted by molar-refractivity contribution is -0.121. The van der Waals surface area contributed by atoms with E-state index in [-0.39, 0.29) is 11.8 Å². The molecule has 1 amide bonds. The van der Waals surface area contributed by atoms with Crippen LogP contribution in [0, 0.1) is 17.6 Å². The number of nitrogens with zero attached hydrogens (tertiary/aromatic N) is 4. The van der Waals surface area contributed by atoms with E-state index in [0.717, 1.165) is 48.6 Å². The van der Waals surface area contributed by atoms with Crippen LogP contribution in [-0.4, -0.2) is 50.8 Å². The lowest BCUT2D eigenvalue weighted by Gasteiger charge is -2.31. The Morgan fingerprint density at radius 3 is 2.68 bits per heavy atom. The molecule has 0 saturated carbocycles. The van der Waals surface area contributed by atoms with Crippen molar-refractivity contribution in [2.45, 2.75) is 26.4 Å². The van der Waals surface area contributed by atoms with Crippen LogP contribution < -0.4 is 10.1 Å². The topological polar surface area (TPSA) is 88.1 Å². The van der Waals surface area contributed by atoms with E-state index in [2.05, 4.69) is 25.3 Å². The second kappa shape index (κ2) is 9.40. The fraction of sp³-hybridized carbons (Fsp3) is 0.364. The Morgan fingerprint density at radius 2 is 2.00 bits per heavy atom. The molecule has 0 unspecified atom stereocenters. The van der Waals surface area contributed by atoms with Gasteiger partial charge in [-0.1, -0.05) is 0 Å². The molecule has 0 radical (unpaired) electrons. The van der Waals surface area contributed by atoms with E-state index < -0.39 is 0 Å². The van der Waals surface area contributed by atoms with E-state index in [1.54, 1.807) is 13.3 Å². The average Bonchev–Trinajstić information content (AvgIpc) is 3.14. The van der Waals surface area contributed by atoms with Crippen LogP contribution in [0.5, 0.6) is 5.75 Å². The van der Waals surface area contributed by atoms with Crippen molar-refractivity contribution in [2.75, 3.05) is 25.5 Å². The Kier molecular flexibility index (Phi) is 6.43. The maximum absolute atomic E-state index is 12.6. The van der Waals surface area contributed by atoms with E-state index in [0.29, 0.717) is 17.3 Å². The van der Waals surface area contributed by atoms with E-state index in [1.165, 1.54) is 0 Å². The molecule has 0 bridgehead atoms. The van der Waals surface area contributed by atoms with Crippen LogP contribution in [0.25, 0.3) is 11.4 Å². The number of benzene rings is 1. The first kappa shape index (κ1) is 21.2. The summed E-state index contributed by atoms with van der Waals surface area (Å²) in [6, 6.07) is 11.5. The second-order valence-electron chi connectivity index (χ2n) is 7.75. The van der Waals surface area contributed by atoms with Crippen LogP contribution in [0.15, 0.2) is 42.6 Å². The molecule has 0 atom stereocenters. The summed E-state index contributed by atoms with van der Waals surface area (Å²) in [6.07, 6.45) is 3.30. The number of hydrogen-bond donors (Lipinski definition) is 2. The Labute approximate surface area is 186 Å². The first-order chi connectivity index (χ1) is 15.0. The molecule has 3 aromatic rings. The summed E-state index contributed by atoms with van der Waals surface area (Å²) < 4.78 is 7.58. The Hall–Kier alpha value is -3.04. The van der Waals surface area contributed by atoms with Gasteiger partial charge < -0.3 is 10.1 Å². The van der Waals surface area contributed by atoms with Crippen molar-refractivity contribution in [3.8, 4) is 17.1 Å². The predicted octanol–water partition coefficient (Wildman–Crippen LogP) is 3.63. The van der Waals surface area contributed by atoms with Crippen molar-refractivity contribution >= 4 is 23.9 Å². The lowest BCUT2D eigenvalue weighted by Crippen LogP contribution is -2.39. The maximum Gasteiger partial charge on any atom is 0.228 e. The third kappa shape index (κ3) is 5.18. The minimum atomic E-state index is -0.0110. The molecule has 1 aromatic carbocycles. The number of aryl methyl sites for hydroxylation is 1. The lowest BCUT2D eigenvalue weighted by atomic mass is 9.96. The van der Waals surface area contributed by atoms with E-state index in [9.17, 15) is 4.79 Å². The monoisotopic (exact) mass is 438 g/mol. The predicted molar refractivity (Wildman–Crippen MR) is 121 cm³/mol. The highest BCUT2D eigenvalue weighted by molar-refractivity contribution is 7.71. The van der Waals surface area contributed by atoms with Gasteiger partial charge in [-0.15, -0.1) is 0 Å². The molecule has 9 heteroatoms. The van der Waals surface area contributed by atoms with Gasteiger partial charge in [0.05, 0.1) is 13.8 Å². The maximum atomic E-state index is 12.6. The molecule has 1 aliphatic rings. The number of anilines is 1. The number of methoxy groups -OCH3 is 1. The van der Waals surface area contributed by atoms with Crippen molar-refractivity contribution in [1.29, 1.82) is 0 Å². The first-order valence-electron chi connectivity index (χ1n) is 10.3. The van der Waals surface area contributed by atoms with Gasteiger partial charge in [0.25, 0.3) is 0 Å². The zero-order valence-corrected chi connectivity index (χ0v) is 18.5. The molecular weight excluding hydrogens is 412 g/mol. The molecule has 2 aromatic heterocycles. The van der Waals surface area contributed by atoms with Gasteiger partial charge in [-0.05, 0) is 73.9 Å².